The first-order valence-electron chi connectivity index (χ1n) is 8.41. The van der Waals surface area contributed by atoms with E-state index in [1.807, 2.05) is 13.8 Å². The van der Waals surface area contributed by atoms with Gasteiger partial charge in [0.05, 0.1) is 6.67 Å². The zero-order valence-corrected chi connectivity index (χ0v) is 13.9. The molecule has 3 heteroatoms. The third-order valence-electron chi connectivity index (χ3n) is 3.98. The smallest absolute Gasteiger partial charge is 0.122 e. The Morgan fingerprint density at radius 1 is 1.19 bits per heavy atom. The minimum atomic E-state index is 0.377. The molecule has 0 spiro atoms. The maximum atomic E-state index is 3.52. The van der Waals surface area contributed by atoms with Crippen molar-refractivity contribution in [3.63, 3.8) is 0 Å². The lowest BCUT2D eigenvalue weighted by Gasteiger charge is -2.33. The van der Waals surface area contributed by atoms with Crippen LogP contribution in [0.2, 0.25) is 0 Å². The number of benzene rings is 1. The highest BCUT2D eigenvalue weighted by Crippen LogP contribution is 2.37. The van der Waals surface area contributed by atoms with Crippen LogP contribution in [0.15, 0.2) is 24.4 Å². The zero-order chi connectivity index (χ0) is 15.2. The van der Waals surface area contributed by atoms with Crippen LogP contribution >= 0.6 is 0 Å². The van der Waals surface area contributed by atoms with Crippen molar-refractivity contribution in [1.82, 2.24) is 15.3 Å². The molecule has 3 nitrogen and oxygen atoms in total. The van der Waals surface area contributed by atoms with Gasteiger partial charge in [-0.25, -0.2) is 10.4 Å². The average molecular weight is 287 g/mol. The summed E-state index contributed by atoms with van der Waals surface area (Å²) in [4.78, 5) is 2.40. The van der Waals surface area contributed by atoms with Crippen molar-refractivity contribution < 1.29 is 0 Å². The van der Waals surface area contributed by atoms with E-state index < -0.39 is 0 Å². The van der Waals surface area contributed by atoms with E-state index in [9.17, 15) is 0 Å². The van der Waals surface area contributed by atoms with Crippen LogP contribution in [0.3, 0.4) is 0 Å². The molecule has 1 fully saturated rings. The summed E-state index contributed by atoms with van der Waals surface area (Å²) in [6.45, 7) is 10.5. The van der Waals surface area contributed by atoms with Gasteiger partial charge in [0.25, 0.3) is 0 Å². The summed E-state index contributed by atoms with van der Waals surface area (Å²) in [7, 11) is 0. The van der Waals surface area contributed by atoms with Gasteiger partial charge in [-0.05, 0) is 30.0 Å². The molecule has 116 valence electrons. The third-order valence-corrected chi connectivity index (χ3v) is 3.98. The van der Waals surface area contributed by atoms with Gasteiger partial charge in [-0.15, -0.1) is 0 Å². The summed E-state index contributed by atoms with van der Waals surface area (Å²) >= 11 is 0. The van der Waals surface area contributed by atoms with Crippen molar-refractivity contribution in [2.24, 2.45) is 0 Å². The quantitative estimate of drug-likeness (QED) is 0.898. The highest BCUT2D eigenvalue weighted by atomic mass is 15.7. The topological polar surface area (TPSA) is 18.5 Å². The van der Waals surface area contributed by atoms with E-state index in [1.165, 1.54) is 36.0 Å². The lowest BCUT2D eigenvalue weighted by atomic mass is 9.93. The second kappa shape index (κ2) is 7.62. The number of hydrazine groups is 1. The highest BCUT2D eigenvalue weighted by molar-refractivity contribution is 5.59. The zero-order valence-electron chi connectivity index (χ0n) is 13.9. The van der Waals surface area contributed by atoms with Gasteiger partial charge in [0, 0.05) is 18.3 Å². The van der Waals surface area contributed by atoms with Crippen LogP contribution in [0.5, 0.6) is 0 Å². The predicted molar refractivity (Wildman–Crippen MR) is 90.4 cm³/mol. The molecule has 0 radical (unpaired) electrons. The van der Waals surface area contributed by atoms with Gasteiger partial charge in [-0.1, -0.05) is 52.3 Å². The summed E-state index contributed by atoms with van der Waals surface area (Å²) in [6, 6.07) is 6.73. The highest BCUT2D eigenvalue weighted by Gasteiger charge is 2.35. The largest absolute Gasteiger partial charge is 0.343 e. The molecule has 1 aromatic carbocycles. The maximum Gasteiger partial charge on any atom is 0.122 e. The Kier molecular flexibility index (Phi) is 5.83. The maximum absolute atomic E-state index is 3.52. The van der Waals surface area contributed by atoms with Crippen LogP contribution < -0.4 is 5.43 Å². The second-order valence-corrected chi connectivity index (χ2v) is 5.38. The van der Waals surface area contributed by atoms with Crippen LogP contribution in [-0.4, -0.2) is 23.1 Å². The molecular weight excluding hydrogens is 258 g/mol. The molecule has 1 N–H and O–H groups in total. The van der Waals surface area contributed by atoms with Crippen molar-refractivity contribution in [3.8, 4) is 0 Å². The molecule has 1 aromatic rings. The summed E-state index contributed by atoms with van der Waals surface area (Å²) in [5.74, 6) is 0. The Bertz CT molecular complexity index is 481. The molecule has 2 heterocycles. The number of hydrogen-bond acceptors (Lipinski definition) is 3. The van der Waals surface area contributed by atoms with E-state index in [4.69, 9.17) is 0 Å². The Balaban J connectivity index is 0.000000774. The number of hydrogen-bond donors (Lipinski definition) is 1. The van der Waals surface area contributed by atoms with Gasteiger partial charge in [0.1, 0.15) is 6.17 Å². The lowest BCUT2D eigenvalue weighted by Crippen LogP contribution is -2.35. The van der Waals surface area contributed by atoms with Crippen LogP contribution in [-0.2, 0) is 6.42 Å². The Morgan fingerprint density at radius 2 is 2.00 bits per heavy atom. The van der Waals surface area contributed by atoms with E-state index in [0.717, 1.165) is 13.2 Å². The first-order valence-corrected chi connectivity index (χ1v) is 8.41. The normalized spacial score (nSPS) is 19.8. The van der Waals surface area contributed by atoms with Gasteiger partial charge in [-0.2, -0.15) is 0 Å². The van der Waals surface area contributed by atoms with E-state index in [1.54, 1.807) is 0 Å². The van der Waals surface area contributed by atoms with Crippen LogP contribution in [0, 0.1) is 0 Å². The minimum absolute atomic E-state index is 0.377. The molecule has 1 saturated heterocycles. The van der Waals surface area contributed by atoms with Gasteiger partial charge in [0.15, 0.2) is 0 Å². The first-order chi connectivity index (χ1) is 10.3. The van der Waals surface area contributed by atoms with E-state index >= 15 is 0 Å². The number of rotatable bonds is 4. The fraction of sp³-hybridized carbons (Fsp3) is 0.556. The van der Waals surface area contributed by atoms with Gasteiger partial charge >= 0.3 is 0 Å². The number of nitrogens with one attached hydrogen (secondary N) is 1. The SMILES string of the molecule is CC.CCCc1cccc2c1C1N(C=C2)CNN1CCC. The van der Waals surface area contributed by atoms with Crippen LogP contribution in [0.1, 0.15) is 63.4 Å². The van der Waals surface area contributed by atoms with E-state index in [0.29, 0.717) is 6.17 Å². The Labute approximate surface area is 129 Å². The van der Waals surface area contributed by atoms with Crippen molar-refractivity contribution in [2.45, 2.75) is 53.1 Å². The molecule has 0 saturated carbocycles. The van der Waals surface area contributed by atoms with Gasteiger partial charge in [0.2, 0.25) is 0 Å². The second-order valence-electron chi connectivity index (χ2n) is 5.38. The standard InChI is InChI=1S/C16H23N3.C2H6/c1-3-6-13-7-5-8-14-9-11-18-12-17-19(10-4-2)16(18)15(13)14;1-2/h5,7-9,11,16-17H,3-4,6,10,12H2,1-2H3;1-2H3. The molecule has 1 unspecified atom stereocenters. The molecular formula is C18H29N3. The van der Waals surface area contributed by atoms with Crippen molar-refractivity contribution in [3.05, 3.63) is 41.1 Å². The Morgan fingerprint density at radius 3 is 2.71 bits per heavy atom. The number of aryl methyl sites for hydroxylation is 1. The summed E-state index contributed by atoms with van der Waals surface area (Å²) in [5.41, 5.74) is 7.91. The molecule has 2 aliphatic rings. The molecule has 0 aromatic heterocycles. The van der Waals surface area contributed by atoms with Gasteiger partial charge < -0.3 is 4.90 Å². The molecule has 3 rings (SSSR count). The molecule has 0 bridgehead atoms. The monoisotopic (exact) mass is 287 g/mol. The molecule has 21 heavy (non-hydrogen) atoms. The third kappa shape index (κ3) is 3.14. The fourth-order valence-corrected chi connectivity index (χ4v) is 3.18. The van der Waals surface area contributed by atoms with Crippen LogP contribution in [0.4, 0.5) is 0 Å². The minimum Gasteiger partial charge on any atom is -0.343 e. The summed E-state index contributed by atoms with van der Waals surface area (Å²) in [5, 5.41) is 2.39. The lowest BCUT2D eigenvalue weighted by molar-refractivity contribution is 0.140. The number of fused-ring (bicyclic) bond motifs is 3. The van der Waals surface area contributed by atoms with Crippen molar-refractivity contribution in [2.75, 3.05) is 13.2 Å². The number of nitrogens with zero attached hydrogens (tertiary/aromatic N) is 2. The molecule has 2 aliphatic heterocycles. The summed E-state index contributed by atoms with van der Waals surface area (Å²) in [6.07, 6.45) is 8.40. The molecule has 1 atom stereocenters. The molecule has 0 amide bonds. The first kappa shape index (κ1) is 16.1. The Hall–Kier alpha value is -1.32. The van der Waals surface area contributed by atoms with Gasteiger partial charge in [-0.3, -0.25) is 0 Å². The average Bonchev–Trinajstić information content (AvgIpc) is 2.93. The van der Waals surface area contributed by atoms with Crippen LogP contribution in [0.25, 0.3) is 6.08 Å². The van der Waals surface area contributed by atoms with Crippen molar-refractivity contribution >= 4 is 6.08 Å². The fourth-order valence-electron chi connectivity index (χ4n) is 3.18. The predicted octanol–water partition coefficient (Wildman–Crippen LogP) is 4.14. The summed E-state index contributed by atoms with van der Waals surface area (Å²) < 4.78 is 0. The molecule has 0 aliphatic carbocycles. The van der Waals surface area contributed by atoms with E-state index in [-0.39, 0.29) is 0 Å². The van der Waals surface area contributed by atoms with Crippen molar-refractivity contribution in [1.29, 1.82) is 0 Å². The van der Waals surface area contributed by atoms with E-state index in [2.05, 4.69) is 59.7 Å².